The summed E-state index contributed by atoms with van der Waals surface area (Å²) >= 11 is 0. The lowest BCUT2D eigenvalue weighted by molar-refractivity contribution is -0.156. The fourth-order valence-corrected chi connectivity index (χ4v) is 6.95. The average molecular weight is 935 g/mol. The smallest absolute Gasteiger partial charge is 0.328 e. The van der Waals surface area contributed by atoms with Gasteiger partial charge in [-0.3, -0.25) is 47.9 Å². The minimum atomic E-state index is -1.95. The number of rotatable bonds is 16. The Morgan fingerprint density at radius 3 is 1.78 bits per heavy atom. The van der Waals surface area contributed by atoms with E-state index in [1.807, 2.05) is 0 Å². The van der Waals surface area contributed by atoms with E-state index < -0.39 is 132 Å². The van der Waals surface area contributed by atoms with Gasteiger partial charge in [-0.1, -0.05) is 88.4 Å². The molecule has 0 radical (unpaired) electrons. The monoisotopic (exact) mass is 934 g/mol. The van der Waals surface area contributed by atoms with Gasteiger partial charge in [0.25, 0.3) is 11.7 Å². The number of nitrogens with two attached hydrogens (primary N) is 1. The first-order chi connectivity index (χ1) is 31.5. The molecule has 1 heterocycles. The highest BCUT2D eigenvalue weighted by atomic mass is 16.5. The van der Waals surface area contributed by atoms with E-state index in [0.717, 1.165) is 13.8 Å². The zero-order valence-corrected chi connectivity index (χ0v) is 38.6. The third kappa shape index (κ3) is 17.4. The largest absolute Gasteiger partial charge is 0.458 e. The van der Waals surface area contributed by atoms with E-state index in [9.17, 15) is 57.8 Å². The van der Waals surface area contributed by atoms with E-state index in [2.05, 4.69) is 37.2 Å². The van der Waals surface area contributed by atoms with Gasteiger partial charge in [0.15, 0.2) is 0 Å². The number of aliphatic hydroxyl groups excluding tert-OH is 1. The van der Waals surface area contributed by atoms with E-state index in [1.54, 1.807) is 88.4 Å². The summed E-state index contributed by atoms with van der Waals surface area (Å²) < 4.78 is 5.52. The van der Waals surface area contributed by atoms with Crippen molar-refractivity contribution in [3.05, 3.63) is 71.8 Å². The van der Waals surface area contributed by atoms with Crippen LogP contribution in [0.5, 0.6) is 0 Å². The predicted molar refractivity (Wildman–Crippen MR) is 239 cm³/mol. The minimum absolute atomic E-state index is 0.0376. The third-order valence-electron chi connectivity index (χ3n) is 10.4. The molecule has 3 rings (SSSR count). The van der Waals surface area contributed by atoms with Crippen LogP contribution in [-0.2, 0) is 70.3 Å². The van der Waals surface area contributed by atoms with Gasteiger partial charge in [0.1, 0.15) is 42.4 Å². The molecule has 0 aliphatic carbocycles. The number of primary amides is 1. The van der Waals surface area contributed by atoms with Crippen LogP contribution in [0.1, 0.15) is 78.9 Å². The maximum atomic E-state index is 14.2. The first-order valence-electron chi connectivity index (χ1n) is 21.9. The number of ketones is 2. The number of benzene rings is 2. The maximum absolute atomic E-state index is 14.2. The van der Waals surface area contributed by atoms with Gasteiger partial charge in [0.2, 0.25) is 47.1 Å². The normalized spacial score (nSPS) is 22.6. The van der Waals surface area contributed by atoms with Crippen LogP contribution in [-0.4, -0.2) is 124 Å². The average Bonchev–Trinajstić information content (AvgIpc) is 3.25. The molecule has 8 amide bonds. The Hall–Kier alpha value is -7.03. The molecule has 1 fully saturated rings. The van der Waals surface area contributed by atoms with Crippen molar-refractivity contribution in [2.45, 2.75) is 135 Å². The van der Waals surface area contributed by atoms with Crippen LogP contribution in [0.25, 0.3) is 0 Å². The van der Waals surface area contributed by atoms with Crippen molar-refractivity contribution >= 4 is 64.8 Å². The van der Waals surface area contributed by atoms with Gasteiger partial charge in [-0.25, -0.2) is 4.79 Å². The van der Waals surface area contributed by atoms with Crippen molar-refractivity contribution in [3.63, 3.8) is 0 Å². The second kappa shape index (κ2) is 25.6. The number of ether oxygens (including phenoxy) is 1. The van der Waals surface area contributed by atoms with Crippen molar-refractivity contribution in [1.29, 1.82) is 0 Å². The molecule has 1 saturated heterocycles. The molecule has 0 unspecified atom stereocenters. The minimum Gasteiger partial charge on any atom is -0.458 e. The lowest BCUT2D eigenvalue weighted by atomic mass is 9.96. The van der Waals surface area contributed by atoms with Gasteiger partial charge in [-0.15, -0.1) is 0 Å². The summed E-state index contributed by atoms with van der Waals surface area (Å²) in [5.41, 5.74) is 6.64. The molecule has 1 aliphatic rings. The van der Waals surface area contributed by atoms with E-state index >= 15 is 0 Å². The Kier molecular flexibility index (Phi) is 20.8. The molecular weight excluding hydrogens is 873 g/mol. The first kappa shape index (κ1) is 54.3. The topological polar surface area (TPSA) is 327 Å². The number of nitrogens with one attached hydrogen (secondary N) is 7. The number of aliphatic hydroxyl groups is 1. The molecule has 10 N–H and O–H groups in total. The van der Waals surface area contributed by atoms with Crippen LogP contribution in [0.4, 0.5) is 0 Å². The summed E-state index contributed by atoms with van der Waals surface area (Å²) in [7, 11) is 0. The first-order valence-corrected chi connectivity index (χ1v) is 21.9. The second-order valence-electron chi connectivity index (χ2n) is 17.3. The molecule has 0 bridgehead atoms. The summed E-state index contributed by atoms with van der Waals surface area (Å²) in [6.45, 7) is 10.1. The van der Waals surface area contributed by atoms with Crippen molar-refractivity contribution in [2.75, 3.05) is 0 Å². The van der Waals surface area contributed by atoms with E-state index in [4.69, 9.17) is 10.5 Å². The van der Waals surface area contributed by atoms with Gasteiger partial charge in [0.05, 0.1) is 25.0 Å². The van der Waals surface area contributed by atoms with E-state index in [-0.39, 0.29) is 31.6 Å². The number of hydrogen-bond acceptors (Lipinski definition) is 13. The van der Waals surface area contributed by atoms with E-state index in [0.29, 0.717) is 11.1 Å². The van der Waals surface area contributed by atoms with Crippen molar-refractivity contribution in [2.24, 2.45) is 17.6 Å². The van der Waals surface area contributed by atoms with Crippen LogP contribution in [0, 0.1) is 11.8 Å². The van der Waals surface area contributed by atoms with Gasteiger partial charge in [-0.05, 0) is 56.6 Å². The van der Waals surface area contributed by atoms with Crippen LogP contribution in [0.15, 0.2) is 60.7 Å². The highest BCUT2D eigenvalue weighted by molar-refractivity contribution is 6.64. The number of carbonyl (C=O) groups is 11. The lowest BCUT2D eigenvalue weighted by Crippen LogP contribution is -2.63. The van der Waals surface area contributed by atoms with Gasteiger partial charge in [-0.2, -0.15) is 0 Å². The molecule has 0 aromatic heterocycles. The van der Waals surface area contributed by atoms with Crippen molar-refractivity contribution < 1.29 is 62.6 Å². The molecule has 21 heteroatoms. The standard InChI is InChI=1S/C46H62N8O13/c1-23(2)18-30-38(58)39(59)45(65)52-31(19-24(3)4)41(61)51-33(22-34(47)56)40(60)48-25(5)46(66)67-27(7)37(44(64)50-30)54-43(63)36(26(6)55)53-42(62)32(20-28-14-10-8-11-15-28)49-35(57)21-29-16-12-9-13-17-29/h8-17,23-27,30-33,36-37,55H,18-22H2,1-7H3,(H2,47,56)(H,48,60)(H,49,57)(H,50,64)(H,51,61)(H,52,65)(H,53,62)(H,54,63)/t25-,26+,27+,30-,31+,32+,33+,36+,37+/m1/s1. The lowest BCUT2D eigenvalue weighted by Gasteiger charge is -2.31. The Balaban J connectivity index is 2.03. The quantitative estimate of drug-likeness (QED) is 0.0672. The molecule has 0 spiro atoms. The summed E-state index contributed by atoms with van der Waals surface area (Å²) in [4.78, 5) is 148. The number of Topliss-reactive ketones (excluding diaryl/α,β-unsaturated/α-hetero) is 2. The molecule has 1 aliphatic heterocycles. The molecular formula is C46H62N8O13. The number of cyclic esters (lactones) is 1. The van der Waals surface area contributed by atoms with Gasteiger partial charge >= 0.3 is 5.97 Å². The summed E-state index contributed by atoms with van der Waals surface area (Å²) in [6, 6.07) is 5.80. The maximum Gasteiger partial charge on any atom is 0.328 e. The summed E-state index contributed by atoms with van der Waals surface area (Å²) in [6.07, 6.45) is -4.56. The van der Waals surface area contributed by atoms with Crippen LogP contribution in [0.3, 0.4) is 0 Å². The second-order valence-corrected chi connectivity index (χ2v) is 17.3. The summed E-state index contributed by atoms with van der Waals surface area (Å²) in [5.74, 6) is -13.5. The Bertz CT molecular complexity index is 2130. The van der Waals surface area contributed by atoms with Crippen molar-refractivity contribution in [3.8, 4) is 0 Å². The molecule has 9 atom stereocenters. The number of esters is 1. The van der Waals surface area contributed by atoms with Crippen molar-refractivity contribution in [1.82, 2.24) is 37.2 Å². The fraction of sp³-hybridized carbons (Fsp3) is 0.500. The Labute approximate surface area is 388 Å². The number of carbonyl (C=O) groups excluding carboxylic acids is 11. The zero-order valence-electron chi connectivity index (χ0n) is 38.6. The highest BCUT2D eigenvalue weighted by Gasteiger charge is 2.40. The van der Waals surface area contributed by atoms with Crippen LogP contribution >= 0.6 is 0 Å². The van der Waals surface area contributed by atoms with Gasteiger partial charge < -0.3 is 52.8 Å². The Morgan fingerprint density at radius 2 is 1.22 bits per heavy atom. The fourth-order valence-electron chi connectivity index (χ4n) is 6.95. The zero-order chi connectivity index (χ0) is 50.1. The SMILES string of the molecule is CC(C)C[C@@H]1NC(=O)C(=O)C(=O)[C@@H](CC(C)C)NC(=O)[C@@H](NC(=O)[C@@H](NC(=O)[C@H](Cc2ccccc2)NC(=O)Cc2ccccc2)[C@H](C)O)[C@H](C)OC(=O)[C@@H](C)NC(=O)[C@H](CC(N)=O)NC1=O. The van der Waals surface area contributed by atoms with Gasteiger partial charge in [0, 0.05) is 6.42 Å². The highest BCUT2D eigenvalue weighted by Crippen LogP contribution is 2.13. The van der Waals surface area contributed by atoms with Crippen LogP contribution < -0.4 is 43.0 Å². The molecule has 67 heavy (non-hydrogen) atoms. The summed E-state index contributed by atoms with van der Waals surface area (Å²) in [5, 5.41) is 27.5. The molecule has 0 saturated carbocycles. The number of hydrogen-bond donors (Lipinski definition) is 9. The number of amides is 8. The van der Waals surface area contributed by atoms with E-state index in [1.165, 1.54) is 6.92 Å². The van der Waals surface area contributed by atoms with Crippen LogP contribution in [0.2, 0.25) is 0 Å². The Morgan fingerprint density at radius 1 is 0.687 bits per heavy atom. The molecule has 21 nitrogen and oxygen atoms in total. The predicted octanol–water partition coefficient (Wildman–Crippen LogP) is -1.68. The third-order valence-corrected chi connectivity index (χ3v) is 10.4. The molecule has 364 valence electrons. The molecule has 2 aromatic carbocycles. The molecule has 2 aromatic rings.